The van der Waals surface area contributed by atoms with Gasteiger partial charge in [-0.15, -0.1) is 0 Å². The molecule has 0 amide bonds. The quantitative estimate of drug-likeness (QED) is 0.829. The summed E-state index contributed by atoms with van der Waals surface area (Å²) in [5, 5.41) is 12.6. The summed E-state index contributed by atoms with van der Waals surface area (Å²) in [6, 6.07) is 4.47. The molecule has 4 heteroatoms. The van der Waals surface area contributed by atoms with E-state index in [1.807, 2.05) is 13.2 Å². The number of aromatic nitrogens is 1. The molecule has 0 spiro atoms. The molecule has 94 valence electrons. The topological polar surface area (TPSA) is 48.4 Å². The highest BCUT2D eigenvalue weighted by atomic mass is 16.3. The van der Waals surface area contributed by atoms with E-state index in [1.54, 1.807) is 0 Å². The zero-order valence-corrected chi connectivity index (χ0v) is 10.6. The number of aliphatic hydroxyl groups excluding tert-OH is 1. The summed E-state index contributed by atoms with van der Waals surface area (Å²) < 4.78 is 0. The molecule has 2 heterocycles. The van der Waals surface area contributed by atoms with E-state index in [1.165, 1.54) is 0 Å². The second kappa shape index (κ2) is 5.47. The molecule has 1 aromatic rings. The fraction of sp³-hybridized carbons (Fsp3) is 0.615. The Labute approximate surface area is 103 Å². The van der Waals surface area contributed by atoms with Crippen LogP contribution in [0, 0.1) is 0 Å². The minimum atomic E-state index is -0.122. The highest BCUT2D eigenvalue weighted by molar-refractivity contribution is 5.45. The minimum absolute atomic E-state index is 0.122. The van der Waals surface area contributed by atoms with Crippen LogP contribution in [0.25, 0.3) is 0 Å². The van der Waals surface area contributed by atoms with E-state index in [-0.39, 0.29) is 12.1 Å². The first kappa shape index (κ1) is 12.3. The predicted octanol–water partition coefficient (Wildman–Crippen LogP) is 1.32. The molecule has 1 unspecified atom stereocenters. The van der Waals surface area contributed by atoms with Crippen LogP contribution < -0.4 is 10.2 Å². The Morgan fingerprint density at radius 1 is 1.41 bits per heavy atom. The Morgan fingerprint density at radius 3 is 2.65 bits per heavy atom. The van der Waals surface area contributed by atoms with Crippen LogP contribution in [0.1, 0.15) is 31.5 Å². The van der Waals surface area contributed by atoms with Crippen molar-refractivity contribution in [3.63, 3.8) is 0 Å². The van der Waals surface area contributed by atoms with E-state index in [0.29, 0.717) is 0 Å². The second-order valence-electron chi connectivity index (χ2n) is 4.67. The van der Waals surface area contributed by atoms with Crippen molar-refractivity contribution in [2.45, 2.75) is 31.9 Å². The minimum Gasteiger partial charge on any atom is -0.393 e. The van der Waals surface area contributed by atoms with E-state index in [2.05, 4.69) is 34.3 Å². The molecule has 1 fully saturated rings. The number of nitrogens with zero attached hydrogens (tertiary/aromatic N) is 2. The lowest BCUT2D eigenvalue weighted by atomic mass is 10.1. The number of pyridine rings is 1. The Bertz CT molecular complexity index is 344. The van der Waals surface area contributed by atoms with Crippen molar-refractivity contribution in [3.05, 3.63) is 24.0 Å². The summed E-state index contributed by atoms with van der Waals surface area (Å²) in [5.74, 6) is 0. The third-order valence-electron chi connectivity index (χ3n) is 3.48. The predicted molar refractivity (Wildman–Crippen MR) is 69.2 cm³/mol. The summed E-state index contributed by atoms with van der Waals surface area (Å²) in [5.41, 5.74) is 2.22. The molecule has 17 heavy (non-hydrogen) atoms. The molecule has 2 rings (SSSR count). The van der Waals surface area contributed by atoms with Crippen molar-refractivity contribution >= 4 is 5.69 Å². The van der Waals surface area contributed by atoms with Crippen molar-refractivity contribution in [2.24, 2.45) is 0 Å². The first-order valence-electron chi connectivity index (χ1n) is 6.27. The zero-order chi connectivity index (χ0) is 12.3. The van der Waals surface area contributed by atoms with Gasteiger partial charge in [0.1, 0.15) is 0 Å². The molecule has 0 radical (unpaired) electrons. The maximum absolute atomic E-state index is 9.47. The number of anilines is 1. The van der Waals surface area contributed by atoms with Crippen LogP contribution in [0.15, 0.2) is 18.3 Å². The van der Waals surface area contributed by atoms with Crippen LogP contribution in [0.3, 0.4) is 0 Å². The number of hydrogen-bond donors (Lipinski definition) is 2. The average molecular weight is 235 g/mol. The van der Waals surface area contributed by atoms with E-state index in [4.69, 9.17) is 0 Å². The molecule has 4 nitrogen and oxygen atoms in total. The first-order valence-corrected chi connectivity index (χ1v) is 6.27. The molecule has 1 atom stereocenters. The molecule has 1 aromatic heterocycles. The lowest BCUT2D eigenvalue weighted by Crippen LogP contribution is -2.35. The third kappa shape index (κ3) is 2.96. The number of hydrogen-bond acceptors (Lipinski definition) is 4. The van der Waals surface area contributed by atoms with Gasteiger partial charge in [0.15, 0.2) is 0 Å². The zero-order valence-electron chi connectivity index (χ0n) is 10.6. The van der Waals surface area contributed by atoms with E-state index >= 15 is 0 Å². The molecule has 0 aromatic carbocycles. The number of piperidine rings is 1. The Morgan fingerprint density at radius 2 is 2.12 bits per heavy atom. The maximum Gasteiger partial charge on any atom is 0.0574 e. The Kier molecular flexibility index (Phi) is 3.97. The molecule has 1 aliphatic rings. The van der Waals surface area contributed by atoms with Gasteiger partial charge < -0.3 is 15.3 Å². The monoisotopic (exact) mass is 235 g/mol. The maximum atomic E-state index is 9.47. The number of rotatable bonds is 3. The summed E-state index contributed by atoms with van der Waals surface area (Å²) in [6.45, 7) is 3.94. The summed E-state index contributed by atoms with van der Waals surface area (Å²) in [7, 11) is 1.94. The molecule has 0 saturated carbocycles. The van der Waals surface area contributed by atoms with Gasteiger partial charge in [0.25, 0.3) is 0 Å². The van der Waals surface area contributed by atoms with Crippen molar-refractivity contribution in [2.75, 3.05) is 25.0 Å². The normalized spacial score (nSPS) is 19.4. The Balaban J connectivity index is 2.02. The van der Waals surface area contributed by atoms with Gasteiger partial charge >= 0.3 is 0 Å². The summed E-state index contributed by atoms with van der Waals surface area (Å²) in [4.78, 5) is 6.76. The fourth-order valence-corrected chi connectivity index (χ4v) is 2.11. The van der Waals surface area contributed by atoms with E-state index in [0.717, 1.165) is 37.3 Å². The van der Waals surface area contributed by atoms with Gasteiger partial charge in [0.05, 0.1) is 23.7 Å². The van der Waals surface area contributed by atoms with Crippen LogP contribution in [-0.2, 0) is 0 Å². The van der Waals surface area contributed by atoms with Crippen molar-refractivity contribution < 1.29 is 5.11 Å². The smallest absolute Gasteiger partial charge is 0.0574 e. The van der Waals surface area contributed by atoms with Crippen LogP contribution in [0.4, 0.5) is 5.69 Å². The van der Waals surface area contributed by atoms with Crippen molar-refractivity contribution in [3.8, 4) is 0 Å². The van der Waals surface area contributed by atoms with Gasteiger partial charge in [-0.25, -0.2) is 0 Å². The second-order valence-corrected chi connectivity index (χ2v) is 4.67. The molecule has 0 aliphatic carbocycles. The van der Waals surface area contributed by atoms with Gasteiger partial charge in [-0.2, -0.15) is 0 Å². The highest BCUT2D eigenvalue weighted by Gasteiger charge is 2.17. The molecule has 0 bridgehead atoms. The van der Waals surface area contributed by atoms with Crippen LogP contribution in [0.2, 0.25) is 0 Å². The van der Waals surface area contributed by atoms with Gasteiger partial charge in [-0.3, -0.25) is 4.98 Å². The van der Waals surface area contributed by atoms with Crippen molar-refractivity contribution in [1.82, 2.24) is 10.3 Å². The largest absolute Gasteiger partial charge is 0.393 e. The van der Waals surface area contributed by atoms with Gasteiger partial charge in [0, 0.05) is 19.1 Å². The first-order chi connectivity index (χ1) is 8.20. The molecule has 1 aliphatic heterocycles. The number of nitrogens with one attached hydrogen (secondary N) is 1. The fourth-order valence-electron chi connectivity index (χ4n) is 2.11. The van der Waals surface area contributed by atoms with Gasteiger partial charge in [-0.1, -0.05) is 0 Å². The van der Waals surface area contributed by atoms with Gasteiger partial charge in [0.2, 0.25) is 0 Å². The standard InChI is InChI=1S/C13H21N3O/c1-10(14-2)13-4-3-11(9-15-13)16-7-5-12(17)6-8-16/h3-4,9-10,12,14,17H,5-8H2,1-2H3. The third-order valence-corrected chi connectivity index (χ3v) is 3.48. The molecular weight excluding hydrogens is 214 g/mol. The van der Waals surface area contributed by atoms with Gasteiger partial charge in [-0.05, 0) is 38.9 Å². The average Bonchev–Trinajstić information content (AvgIpc) is 2.39. The molecule has 2 N–H and O–H groups in total. The van der Waals surface area contributed by atoms with E-state index in [9.17, 15) is 5.11 Å². The summed E-state index contributed by atoms with van der Waals surface area (Å²) in [6.07, 6.45) is 3.52. The number of aliphatic hydroxyl groups is 1. The van der Waals surface area contributed by atoms with Crippen LogP contribution in [-0.4, -0.2) is 36.3 Å². The van der Waals surface area contributed by atoms with E-state index < -0.39 is 0 Å². The van der Waals surface area contributed by atoms with Crippen LogP contribution >= 0.6 is 0 Å². The lowest BCUT2D eigenvalue weighted by molar-refractivity contribution is 0.145. The van der Waals surface area contributed by atoms with Crippen molar-refractivity contribution in [1.29, 1.82) is 0 Å². The molecular formula is C13H21N3O. The Hall–Kier alpha value is -1.13. The summed E-state index contributed by atoms with van der Waals surface area (Å²) >= 11 is 0. The highest BCUT2D eigenvalue weighted by Crippen LogP contribution is 2.20. The lowest BCUT2D eigenvalue weighted by Gasteiger charge is -2.31. The SMILES string of the molecule is CNC(C)c1ccc(N2CCC(O)CC2)cn1. The van der Waals surface area contributed by atoms with Crippen LogP contribution in [0.5, 0.6) is 0 Å². The molecule has 1 saturated heterocycles.